The van der Waals surface area contributed by atoms with Gasteiger partial charge in [-0.15, -0.1) is 0 Å². The van der Waals surface area contributed by atoms with Crippen molar-refractivity contribution < 1.29 is 0 Å². The number of hydrogen-bond donors (Lipinski definition) is 1. The van der Waals surface area contributed by atoms with E-state index in [1.807, 2.05) is 0 Å². The van der Waals surface area contributed by atoms with E-state index in [9.17, 15) is 0 Å². The summed E-state index contributed by atoms with van der Waals surface area (Å²) in [6.07, 6.45) is 3.45. The Morgan fingerprint density at radius 2 is 2.29 bits per heavy atom. The van der Waals surface area contributed by atoms with Gasteiger partial charge in [0, 0.05) is 24.0 Å². The summed E-state index contributed by atoms with van der Waals surface area (Å²) < 4.78 is 0. The van der Waals surface area contributed by atoms with Gasteiger partial charge in [-0.1, -0.05) is 37.6 Å². The molecule has 1 nitrogen and oxygen atoms in total. The van der Waals surface area contributed by atoms with E-state index in [0.717, 1.165) is 31.0 Å². The molecule has 1 N–H and O–H groups in total. The first-order valence-corrected chi connectivity index (χ1v) is 7.04. The minimum Gasteiger partial charge on any atom is -0.316 e. The minimum absolute atomic E-state index is 0.448. The highest BCUT2D eigenvalue weighted by atomic mass is 35.5. The van der Waals surface area contributed by atoms with E-state index in [4.69, 9.17) is 11.6 Å². The van der Waals surface area contributed by atoms with Gasteiger partial charge >= 0.3 is 0 Å². The lowest BCUT2D eigenvalue weighted by atomic mass is 9.67. The molecule has 0 spiro atoms. The van der Waals surface area contributed by atoms with Gasteiger partial charge in [-0.2, -0.15) is 0 Å². The van der Waals surface area contributed by atoms with Crippen molar-refractivity contribution in [2.75, 3.05) is 13.1 Å². The predicted molar refractivity (Wildman–Crippen MR) is 72.9 cm³/mol. The van der Waals surface area contributed by atoms with Crippen LogP contribution in [0.1, 0.15) is 42.9 Å². The van der Waals surface area contributed by atoms with Gasteiger partial charge in [-0.25, -0.2) is 0 Å². The molecule has 0 amide bonds. The number of fused-ring (bicyclic) bond motifs is 3. The molecule has 0 saturated carbocycles. The van der Waals surface area contributed by atoms with E-state index in [-0.39, 0.29) is 0 Å². The summed E-state index contributed by atoms with van der Waals surface area (Å²) >= 11 is 6.54. The van der Waals surface area contributed by atoms with Crippen molar-refractivity contribution in [2.45, 2.75) is 39.0 Å². The molecule has 0 aromatic heterocycles. The first kappa shape index (κ1) is 11.6. The van der Waals surface area contributed by atoms with Crippen LogP contribution in [0.15, 0.2) is 12.1 Å². The molecule has 1 aliphatic heterocycles. The Kier molecular flexibility index (Phi) is 2.72. The normalized spacial score (nSPS) is 31.1. The maximum atomic E-state index is 6.54. The molecular weight excluding hydrogens is 230 g/mol. The van der Waals surface area contributed by atoms with E-state index in [2.05, 4.69) is 31.3 Å². The summed E-state index contributed by atoms with van der Waals surface area (Å²) in [5, 5.41) is 4.59. The highest BCUT2D eigenvalue weighted by Crippen LogP contribution is 2.49. The van der Waals surface area contributed by atoms with E-state index < -0.39 is 0 Å². The van der Waals surface area contributed by atoms with Crippen molar-refractivity contribution in [3.05, 3.63) is 33.8 Å². The summed E-state index contributed by atoms with van der Waals surface area (Å²) in [4.78, 5) is 0. The third-order valence-electron chi connectivity index (χ3n) is 4.78. The Morgan fingerprint density at radius 3 is 3.06 bits per heavy atom. The second-order valence-corrected chi connectivity index (χ2v) is 6.18. The second-order valence-electron chi connectivity index (χ2n) is 5.80. The third kappa shape index (κ3) is 1.63. The highest BCUT2D eigenvalue weighted by molar-refractivity contribution is 6.32. The molecular formula is C15H20ClN. The van der Waals surface area contributed by atoms with Gasteiger partial charge in [0.05, 0.1) is 0 Å². The molecule has 17 heavy (non-hydrogen) atoms. The first-order valence-electron chi connectivity index (χ1n) is 6.66. The molecule has 2 atom stereocenters. The number of hydrogen-bond acceptors (Lipinski definition) is 1. The molecule has 3 rings (SSSR count). The van der Waals surface area contributed by atoms with Crippen molar-refractivity contribution >= 4 is 11.6 Å². The number of rotatable bonds is 1. The van der Waals surface area contributed by atoms with E-state index in [0.29, 0.717) is 11.3 Å². The van der Waals surface area contributed by atoms with Crippen LogP contribution in [0.4, 0.5) is 0 Å². The van der Waals surface area contributed by atoms with Crippen molar-refractivity contribution in [1.82, 2.24) is 5.32 Å². The smallest absolute Gasteiger partial charge is 0.0472 e. The summed E-state index contributed by atoms with van der Waals surface area (Å²) in [5.41, 5.74) is 4.69. The molecule has 1 saturated heterocycles. The first-order chi connectivity index (χ1) is 8.15. The topological polar surface area (TPSA) is 12.0 Å². The highest BCUT2D eigenvalue weighted by Gasteiger charge is 2.43. The fraction of sp³-hybridized carbons (Fsp3) is 0.600. The quantitative estimate of drug-likeness (QED) is 0.803. The van der Waals surface area contributed by atoms with Gasteiger partial charge in [0.2, 0.25) is 0 Å². The molecule has 2 heteroatoms. The number of halogens is 1. The lowest BCUT2D eigenvalue weighted by molar-refractivity contribution is 0.277. The molecule has 2 unspecified atom stereocenters. The van der Waals surface area contributed by atoms with Crippen LogP contribution < -0.4 is 5.32 Å². The largest absolute Gasteiger partial charge is 0.316 e. The Balaban J connectivity index is 2.11. The van der Waals surface area contributed by atoms with E-state index >= 15 is 0 Å². The van der Waals surface area contributed by atoms with Crippen LogP contribution in [0.5, 0.6) is 0 Å². The van der Waals surface area contributed by atoms with Crippen LogP contribution in [0, 0.1) is 5.41 Å². The lowest BCUT2D eigenvalue weighted by Crippen LogP contribution is -2.30. The average molecular weight is 250 g/mol. The summed E-state index contributed by atoms with van der Waals surface area (Å²) in [6.45, 7) is 6.87. The van der Waals surface area contributed by atoms with Crippen LogP contribution in [0.2, 0.25) is 5.02 Å². The van der Waals surface area contributed by atoms with Gasteiger partial charge in [0.15, 0.2) is 0 Å². The zero-order chi connectivity index (χ0) is 12.0. The van der Waals surface area contributed by atoms with Crippen molar-refractivity contribution in [1.29, 1.82) is 0 Å². The van der Waals surface area contributed by atoms with E-state index in [1.54, 1.807) is 0 Å². The van der Waals surface area contributed by atoms with Crippen LogP contribution in [-0.4, -0.2) is 13.1 Å². The second kappa shape index (κ2) is 4.00. The number of benzene rings is 1. The Morgan fingerprint density at radius 1 is 1.47 bits per heavy atom. The average Bonchev–Trinajstić information content (AvgIpc) is 2.71. The number of nitrogens with one attached hydrogen (secondary N) is 1. The fourth-order valence-corrected chi connectivity index (χ4v) is 3.97. The van der Waals surface area contributed by atoms with Crippen LogP contribution >= 0.6 is 11.6 Å². The van der Waals surface area contributed by atoms with Gasteiger partial charge < -0.3 is 5.32 Å². The van der Waals surface area contributed by atoms with Gasteiger partial charge in [-0.3, -0.25) is 0 Å². The molecule has 1 heterocycles. The minimum atomic E-state index is 0.448. The Labute approximate surface area is 109 Å². The van der Waals surface area contributed by atoms with Crippen LogP contribution in [0.25, 0.3) is 0 Å². The molecule has 1 fully saturated rings. The van der Waals surface area contributed by atoms with Crippen molar-refractivity contribution in [3.63, 3.8) is 0 Å². The Bertz CT molecular complexity index is 454. The van der Waals surface area contributed by atoms with Gasteiger partial charge in [0.1, 0.15) is 0 Å². The van der Waals surface area contributed by atoms with Crippen molar-refractivity contribution in [2.24, 2.45) is 5.41 Å². The molecule has 1 aliphatic carbocycles. The number of aryl methyl sites for hydroxylation is 1. The molecule has 0 bridgehead atoms. The van der Waals surface area contributed by atoms with Crippen molar-refractivity contribution in [3.8, 4) is 0 Å². The van der Waals surface area contributed by atoms with E-state index in [1.165, 1.54) is 23.1 Å². The maximum Gasteiger partial charge on any atom is 0.0472 e. The third-order valence-corrected chi connectivity index (χ3v) is 5.25. The summed E-state index contributed by atoms with van der Waals surface area (Å²) in [6, 6.07) is 4.56. The zero-order valence-electron chi connectivity index (χ0n) is 10.6. The molecule has 1 aromatic carbocycles. The molecule has 0 radical (unpaired) electrons. The SMILES string of the molecule is CCc1ccc2c(c1Cl)CCC1(C)CNCC21. The monoisotopic (exact) mass is 249 g/mol. The summed E-state index contributed by atoms with van der Waals surface area (Å²) in [5.74, 6) is 0.662. The van der Waals surface area contributed by atoms with Crippen LogP contribution in [0.3, 0.4) is 0 Å². The van der Waals surface area contributed by atoms with Gasteiger partial charge in [0.25, 0.3) is 0 Å². The lowest BCUT2D eigenvalue weighted by Gasteiger charge is -2.37. The Hall–Kier alpha value is -0.530. The van der Waals surface area contributed by atoms with Gasteiger partial charge in [-0.05, 0) is 41.4 Å². The summed E-state index contributed by atoms with van der Waals surface area (Å²) in [7, 11) is 0. The zero-order valence-corrected chi connectivity index (χ0v) is 11.4. The maximum absolute atomic E-state index is 6.54. The molecule has 92 valence electrons. The standard InChI is InChI=1S/C15H20ClN/c1-3-10-4-5-11-12(14(10)16)6-7-15(2)9-17-8-13(11)15/h4-5,13,17H,3,6-9H2,1-2H3. The molecule has 2 aliphatic rings. The fourth-order valence-electron chi connectivity index (χ4n) is 3.57. The van der Waals surface area contributed by atoms with Crippen LogP contribution in [-0.2, 0) is 12.8 Å². The predicted octanol–water partition coefficient (Wildman–Crippen LogP) is 3.54. The molecule has 1 aromatic rings.